The Morgan fingerprint density at radius 1 is 1.04 bits per heavy atom. The van der Waals surface area contributed by atoms with E-state index in [1.54, 1.807) is 12.3 Å². The summed E-state index contributed by atoms with van der Waals surface area (Å²) in [5, 5.41) is 13.0. The van der Waals surface area contributed by atoms with Gasteiger partial charge in [0.05, 0.1) is 11.1 Å². The maximum absolute atomic E-state index is 10.00. The van der Waals surface area contributed by atoms with E-state index in [0.717, 1.165) is 5.56 Å². The molecule has 1 atom stereocenters. The quantitative estimate of drug-likeness (QED) is 0.578. The number of aromatic hydroxyl groups is 1. The molecule has 3 rings (SSSR count). The number of hydrogen-bond donors (Lipinski definition) is 1. The first kappa shape index (κ1) is 15.9. The van der Waals surface area contributed by atoms with E-state index in [-0.39, 0.29) is 16.8 Å². The molecule has 0 aliphatic rings. The highest BCUT2D eigenvalue weighted by Crippen LogP contribution is 2.31. The Morgan fingerprint density at radius 3 is 2.61 bits per heavy atom. The van der Waals surface area contributed by atoms with E-state index >= 15 is 0 Å². The molecule has 3 aromatic rings. The summed E-state index contributed by atoms with van der Waals surface area (Å²) >= 11 is 11.9. The minimum atomic E-state index is -0.0572. The topological polar surface area (TPSA) is 32.6 Å². The van der Waals surface area contributed by atoms with E-state index < -0.39 is 0 Å². The predicted molar refractivity (Wildman–Crippen MR) is 98.1 cm³/mol. The summed E-state index contributed by atoms with van der Waals surface area (Å²) in [4.78, 5) is 4.56. The van der Waals surface area contributed by atoms with Crippen LogP contribution in [0.25, 0.3) is 10.8 Å². The van der Waals surface area contributed by atoms with Crippen molar-refractivity contribution in [2.24, 2.45) is 4.99 Å². The van der Waals surface area contributed by atoms with Gasteiger partial charge in [0.25, 0.3) is 0 Å². The number of fused-ring (bicyclic) bond motifs is 1. The third kappa shape index (κ3) is 3.34. The van der Waals surface area contributed by atoms with Gasteiger partial charge < -0.3 is 5.11 Å². The van der Waals surface area contributed by atoms with E-state index in [1.165, 1.54) is 16.8 Å². The maximum Gasteiger partial charge on any atom is 0.143 e. The van der Waals surface area contributed by atoms with Crippen molar-refractivity contribution < 1.29 is 5.11 Å². The first-order valence-electron chi connectivity index (χ1n) is 7.25. The van der Waals surface area contributed by atoms with Crippen LogP contribution >= 0.6 is 23.2 Å². The molecule has 0 aliphatic heterocycles. The number of hydrogen-bond acceptors (Lipinski definition) is 2. The first-order valence-corrected chi connectivity index (χ1v) is 8.00. The van der Waals surface area contributed by atoms with E-state index in [4.69, 9.17) is 23.2 Å². The third-order valence-corrected chi connectivity index (χ3v) is 4.27. The molecule has 23 heavy (non-hydrogen) atoms. The van der Waals surface area contributed by atoms with Crippen molar-refractivity contribution in [2.75, 3.05) is 0 Å². The molecule has 0 unspecified atom stereocenters. The van der Waals surface area contributed by atoms with E-state index in [0.29, 0.717) is 10.6 Å². The van der Waals surface area contributed by atoms with Gasteiger partial charge in [-0.15, -0.1) is 0 Å². The molecule has 2 nitrogen and oxygen atoms in total. The van der Waals surface area contributed by atoms with Gasteiger partial charge in [-0.2, -0.15) is 0 Å². The smallest absolute Gasteiger partial charge is 0.143 e. The predicted octanol–water partition coefficient (Wildman–Crippen LogP) is 6.03. The van der Waals surface area contributed by atoms with Crippen LogP contribution < -0.4 is 0 Å². The normalized spacial score (nSPS) is 12.8. The standard InChI is InChI=1S/C19H15Cl2NO/c1-12(16-8-4-6-13-5-2-3-7-17(13)16)22-11-14-9-15(20)10-18(21)19(14)23/h2-12,23H,1H3/t12-/m1/s1. The molecule has 116 valence electrons. The highest BCUT2D eigenvalue weighted by atomic mass is 35.5. The van der Waals surface area contributed by atoms with Crippen molar-refractivity contribution in [1.29, 1.82) is 0 Å². The van der Waals surface area contributed by atoms with E-state index in [9.17, 15) is 5.11 Å². The van der Waals surface area contributed by atoms with Crippen molar-refractivity contribution in [1.82, 2.24) is 0 Å². The van der Waals surface area contributed by atoms with Gasteiger partial charge in [0.1, 0.15) is 5.75 Å². The molecule has 0 aliphatic carbocycles. The van der Waals surface area contributed by atoms with E-state index in [2.05, 4.69) is 29.3 Å². The summed E-state index contributed by atoms with van der Waals surface area (Å²) in [5.41, 5.74) is 1.64. The lowest BCUT2D eigenvalue weighted by Crippen LogP contribution is -1.93. The fraction of sp³-hybridized carbons (Fsp3) is 0.105. The molecule has 0 bridgehead atoms. The van der Waals surface area contributed by atoms with Crippen molar-refractivity contribution in [3.63, 3.8) is 0 Å². The summed E-state index contributed by atoms with van der Waals surface area (Å²) in [5.74, 6) is -0.00932. The number of aliphatic imine (C=N–C) groups is 1. The Morgan fingerprint density at radius 2 is 1.78 bits per heavy atom. The zero-order valence-corrected chi connectivity index (χ0v) is 14.0. The number of halogens is 2. The molecule has 1 N–H and O–H groups in total. The Kier molecular flexibility index (Phi) is 4.56. The Bertz CT molecular complexity index is 884. The van der Waals surface area contributed by atoms with Crippen LogP contribution in [0, 0.1) is 0 Å². The lowest BCUT2D eigenvalue weighted by Gasteiger charge is -2.11. The minimum absolute atomic E-state index is 0.00932. The van der Waals surface area contributed by atoms with Gasteiger partial charge in [-0.3, -0.25) is 4.99 Å². The largest absolute Gasteiger partial charge is 0.506 e. The zero-order valence-electron chi connectivity index (χ0n) is 12.5. The van der Waals surface area contributed by atoms with Crippen molar-refractivity contribution >= 4 is 40.2 Å². The number of phenols is 1. The summed E-state index contributed by atoms with van der Waals surface area (Å²) in [6, 6.07) is 17.5. The summed E-state index contributed by atoms with van der Waals surface area (Å²) < 4.78 is 0. The van der Waals surface area contributed by atoms with Crippen molar-refractivity contribution in [3.8, 4) is 5.75 Å². The maximum atomic E-state index is 10.00. The summed E-state index contributed by atoms with van der Waals surface area (Å²) in [6.07, 6.45) is 1.61. The molecule has 0 aromatic heterocycles. The average Bonchev–Trinajstić information content (AvgIpc) is 2.56. The van der Waals surface area contributed by atoms with Gasteiger partial charge in [-0.05, 0) is 35.4 Å². The minimum Gasteiger partial charge on any atom is -0.506 e. The van der Waals surface area contributed by atoms with Crippen LogP contribution in [0.3, 0.4) is 0 Å². The average molecular weight is 344 g/mol. The van der Waals surface area contributed by atoms with Crippen LogP contribution in [-0.2, 0) is 0 Å². The van der Waals surface area contributed by atoms with Gasteiger partial charge >= 0.3 is 0 Å². The molecule has 0 saturated carbocycles. The first-order chi connectivity index (χ1) is 11.1. The van der Waals surface area contributed by atoms with E-state index in [1.807, 2.05) is 25.1 Å². The van der Waals surface area contributed by atoms with Gasteiger partial charge in [0.2, 0.25) is 0 Å². The highest BCUT2D eigenvalue weighted by Gasteiger charge is 2.09. The Hall–Kier alpha value is -2.03. The van der Waals surface area contributed by atoms with Crippen LogP contribution in [0.2, 0.25) is 10.0 Å². The highest BCUT2D eigenvalue weighted by molar-refractivity contribution is 6.36. The van der Waals surface area contributed by atoms with Gasteiger partial charge in [0.15, 0.2) is 0 Å². The second-order valence-corrected chi connectivity index (χ2v) is 6.19. The SMILES string of the molecule is C[C@@H](N=Cc1cc(Cl)cc(Cl)c1O)c1cccc2ccccc12. The van der Waals surface area contributed by atoms with Gasteiger partial charge in [-0.25, -0.2) is 0 Å². The van der Waals surface area contributed by atoms with Crippen LogP contribution in [0.5, 0.6) is 5.75 Å². The fourth-order valence-corrected chi connectivity index (χ4v) is 3.08. The third-order valence-electron chi connectivity index (χ3n) is 3.77. The number of phenolic OH excluding ortho intramolecular Hbond substituents is 1. The molecule has 0 spiro atoms. The van der Waals surface area contributed by atoms with Gasteiger partial charge in [-0.1, -0.05) is 65.7 Å². The van der Waals surface area contributed by atoms with Crippen LogP contribution in [0.15, 0.2) is 59.6 Å². The Labute approximate surface area is 145 Å². The molecule has 4 heteroatoms. The van der Waals surface area contributed by atoms with Crippen LogP contribution in [-0.4, -0.2) is 11.3 Å². The van der Waals surface area contributed by atoms with Gasteiger partial charge in [0, 0.05) is 16.8 Å². The molecule has 0 heterocycles. The molecule has 0 saturated heterocycles. The second kappa shape index (κ2) is 6.61. The second-order valence-electron chi connectivity index (χ2n) is 5.35. The molecule has 0 amide bonds. The van der Waals surface area contributed by atoms with Crippen molar-refractivity contribution in [2.45, 2.75) is 13.0 Å². The number of rotatable bonds is 3. The zero-order chi connectivity index (χ0) is 16.4. The molecule has 0 radical (unpaired) electrons. The molecular weight excluding hydrogens is 329 g/mol. The lowest BCUT2D eigenvalue weighted by molar-refractivity contribution is 0.474. The summed E-state index contributed by atoms with van der Waals surface area (Å²) in [6.45, 7) is 2.02. The number of nitrogens with zero attached hydrogens (tertiary/aromatic N) is 1. The molecular formula is C19H15Cl2NO. The van der Waals surface area contributed by atoms with Crippen LogP contribution in [0.4, 0.5) is 0 Å². The lowest BCUT2D eigenvalue weighted by atomic mass is 10.00. The monoisotopic (exact) mass is 343 g/mol. The molecule has 3 aromatic carbocycles. The number of benzene rings is 3. The van der Waals surface area contributed by atoms with Crippen molar-refractivity contribution in [3.05, 3.63) is 75.8 Å². The molecule has 0 fully saturated rings. The van der Waals surface area contributed by atoms with Crippen LogP contribution in [0.1, 0.15) is 24.1 Å². The Balaban J connectivity index is 1.96. The fourth-order valence-electron chi connectivity index (χ4n) is 2.57. The summed E-state index contributed by atoms with van der Waals surface area (Å²) in [7, 11) is 0.